The fraction of sp³-hybridized carbons (Fsp3) is 0.385. The number of rotatable bonds is 7. The summed E-state index contributed by atoms with van der Waals surface area (Å²) in [5.41, 5.74) is 0.627. The fourth-order valence-electron chi connectivity index (χ4n) is 1.36. The molecule has 0 saturated carbocycles. The van der Waals surface area contributed by atoms with Crippen LogP contribution in [0.5, 0.6) is 0 Å². The van der Waals surface area contributed by atoms with Gasteiger partial charge in [0.25, 0.3) is 0 Å². The molecule has 0 bridgehead atoms. The summed E-state index contributed by atoms with van der Waals surface area (Å²) in [7, 11) is 2.82. The fourth-order valence-corrected chi connectivity index (χ4v) is 1.52. The Balaban J connectivity index is 2.62. The number of amides is 1. The molecule has 7 heteroatoms. The number of benzene rings is 1. The molecule has 0 aliphatic carbocycles. The normalized spacial score (nSPS) is 10.2. The number of hydrogen-bond acceptors (Lipinski definition) is 5. The second-order valence-corrected chi connectivity index (χ2v) is 4.19. The Morgan fingerprint density at radius 2 is 2.00 bits per heavy atom. The van der Waals surface area contributed by atoms with Crippen molar-refractivity contribution >= 4 is 29.2 Å². The lowest BCUT2D eigenvalue weighted by Crippen LogP contribution is -2.20. The molecule has 0 aromatic heterocycles. The second-order valence-electron chi connectivity index (χ2n) is 3.78. The Hall–Kier alpha value is -1.63. The lowest BCUT2D eigenvalue weighted by molar-refractivity contribution is -0.121. The van der Waals surface area contributed by atoms with E-state index < -0.39 is 5.97 Å². The summed E-state index contributed by atoms with van der Waals surface area (Å²) in [4.78, 5) is 23.0. The van der Waals surface area contributed by atoms with Crippen molar-refractivity contribution in [1.82, 2.24) is 0 Å². The molecule has 0 spiro atoms. The number of carbonyl (C=O) groups is 2. The number of methoxy groups -OCH3 is 2. The number of anilines is 1. The van der Waals surface area contributed by atoms with Crippen molar-refractivity contribution in [3.05, 3.63) is 28.8 Å². The van der Waals surface area contributed by atoms with Crippen LogP contribution >= 0.6 is 11.6 Å². The summed E-state index contributed by atoms with van der Waals surface area (Å²) in [5.74, 6) is -0.876. The topological polar surface area (TPSA) is 73.9 Å². The van der Waals surface area contributed by atoms with E-state index in [0.717, 1.165) is 0 Å². The van der Waals surface area contributed by atoms with Crippen molar-refractivity contribution in [2.75, 3.05) is 39.4 Å². The molecule has 0 heterocycles. The Bertz CT molecular complexity index is 478. The smallest absolute Gasteiger partial charge is 0.337 e. The van der Waals surface area contributed by atoms with Crippen LogP contribution in [0.2, 0.25) is 5.02 Å². The highest BCUT2D eigenvalue weighted by molar-refractivity contribution is 6.33. The summed E-state index contributed by atoms with van der Waals surface area (Å²) >= 11 is 5.94. The molecule has 0 aliphatic heterocycles. The van der Waals surface area contributed by atoms with Gasteiger partial charge in [-0.05, 0) is 18.2 Å². The van der Waals surface area contributed by atoms with Crippen molar-refractivity contribution in [1.29, 1.82) is 0 Å². The quantitative estimate of drug-likeness (QED) is 0.613. The van der Waals surface area contributed by atoms with E-state index in [1.807, 2.05) is 0 Å². The van der Waals surface area contributed by atoms with Crippen LogP contribution in [0, 0.1) is 0 Å². The molecule has 1 aromatic carbocycles. The Kier molecular flexibility index (Phi) is 7.00. The van der Waals surface area contributed by atoms with Gasteiger partial charge < -0.3 is 19.5 Å². The molecule has 0 atom stereocenters. The zero-order valence-corrected chi connectivity index (χ0v) is 12.0. The highest BCUT2D eigenvalue weighted by Crippen LogP contribution is 2.23. The molecule has 6 nitrogen and oxygen atoms in total. The van der Waals surface area contributed by atoms with Crippen LogP contribution in [0.15, 0.2) is 18.2 Å². The first kappa shape index (κ1) is 16.4. The SMILES string of the molecule is COCCOCC(=O)Nc1cc(C(=O)OC)ccc1Cl. The Labute approximate surface area is 122 Å². The van der Waals surface area contributed by atoms with E-state index in [0.29, 0.717) is 29.5 Å². The van der Waals surface area contributed by atoms with Gasteiger partial charge in [0.15, 0.2) is 0 Å². The third-order valence-corrected chi connectivity index (χ3v) is 2.66. The summed E-state index contributed by atoms with van der Waals surface area (Å²) in [5, 5.41) is 2.88. The van der Waals surface area contributed by atoms with Gasteiger partial charge in [0, 0.05) is 7.11 Å². The number of esters is 1. The summed E-state index contributed by atoms with van der Waals surface area (Å²) in [6, 6.07) is 4.47. The third-order valence-electron chi connectivity index (χ3n) is 2.33. The molecule has 0 radical (unpaired) electrons. The summed E-state index contributed by atoms with van der Waals surface area (Å²) in [6.07, 6.45) is 0. The maximum absolute atomic E-state index is 11.6. The molecule has 1 aromatic rings. The van der Waals surface area contributed by atoms with Crippen molar-refractivity contribution < 1.29 is 23.8 Å². The van der Waals surface area contributed by atoms with E-state index in [1.54, 1.807) is 7.11 Å². The van der Waals surface area contributed by atoms with E-state index in [2.05, 4.69) is 10.1 Å². The minimum atomic E-state index is -0.506. The van der Waals surface area contributed by atoms with Crippen molar-refractivity contribution in [3.8, 4) is 0 Å². The van der Waals surface area contributed by atoms with Crippen LogP contribution in [-0.4, -0.2) is 45.9 Å². The maximum atomic E-state index is 11.6. The highest BCUT2D eigenvalue weighted by Gasteiger charge is 2.11. The van der Waals surface area contributed by atoms with Crippen molar-refractivity contribution in [2.45, 2.75) is 0 Å². The molecule has 0 unspecified atom stereocenters. The van der Waals surface area contributed by atoms with Gasteiger partial charge in [0.1, 0.15) is 6.61 Å². The first-order valence-electron chi connectivity index (χ1n) is 5.83. The van der Waals surface area contributed by atoms with Crippen LogP contribution in [0.25, 0.3) is 0 Å². The van der Waals surface area contributed by atoms with E-state index in [-0.39, 0.29) is 12.5 Å². The average molecular weight is 302 g/mol. The predicted octanol–water partition coefficient (Wildman–Crippen LogP) is 1.73. The number of carbonyl (C=O) groups excluding carboxylic acids is 2. The van der Waals surface area contributed by atoms with E-state index in [1.165, 1.54) is 25.3 Å². The van der Waals surface area contributed by atoms with Gasteiger partial charge >= 0.3 is 5.97 Å². The first-order valence-corrected chi connectivity index (χ1v) is 6.20. The van der Waals surface area contributed by atoms with Crippen LogP contribution in [0.1, 0.15) is 10.4 Å². The molecule has 20 heavy (non-hydrogen) atoms. The third kappa shape index (κ3) is 5.16. The Morgan fingerprint density at radius 3 is 2.65 bits per heavy atom. The van der Waals surface area contributed by atoms with Gasteiger partial charge in [0.2, 0.25) is 5.91 Å². The number of halogens is 1. The molecule has 110 valence electrons. The van der Waals surface area contributed by atoms with E-state index in [4.69, 9.17) is 21.1 Å². The standard InChI is InChI=1S/C13H16ClNO5/c1-18-5-6-20-8-12(16)15-11-7-9(13(17)19-2)3-4-10(11)14/h3-4,7H,5-6,8H2,1-2H3,(H,15,16). The zero-order valence-electron chi connectivity index (χ0n) is 11.3. The molecule has 1 amide bonds. The second kappa shape index (κ2) is 8.52. The first-order chi connectivity index (χ1) is 9.58. The largest absolute Gasteiger partial charge is 0.465 e. The minimum Gasteiger partial charge on any atom is -0.465 e. The molecule has 0 saturated heterocycles. The van der Waals surface area contributed by atoms with Gasteiger partial charge in [0.05, 0.1) is 36.6 Å². The highest BCUT2D eigenvalue weighted by atomic mass is 35.5. The average Bonchev–Trinajstić information content (AvgIpc) is 2.45. The molecular formula is C13H16ClNO5. The summed E-state index contributed by atoms with van der Waals surface area (Å²) in [6.45, 7) is 0.605. The van der Waals surface area contributed by atoms with Crippen LogP contribution < -0.4 is 5.32 Å². The van der Waals surface area contributed by atoms with Gasteiger partial charge in [-0.2, -0.15) is 0 Å². The van der Waals surface area contributed by atoms with Crippen molar-refractivity contribution in [2.24, 2.45) is 0 Å². The maximum Gasteiger partial charge on any atom is 0.337 e. The zero-order chi connectivity index (χ0) is 15.0. The summed E-state index contributed by atoms with van der Waals surface area (Å²) < 4.78 is 14.5. The number of ether oxygens (including phenoxy) is 3. The van der Waals surface area contributed by atoms with Gasteiger partial charge in [-0.25, -0.2) is 4.79 Å². The number of hydrogen-bond donors (Lipinski definition) is 1. The predicted molar refractivity (Wildman–Crippen MR) is 74.1 cm³/mol. The lowest BCUT2D eigenvalue weighted by atomic mass is 10.2. The molecule has 0 aliphatic rings. The van der Waals surface area contributed by atoms with E-state index in [9.17, 15) is 9.59 Å². The van der Waals surface area contributed by atoms with Gasteiger partial charge in [-0.15, -0.1) is 0 Å². The van der Waals surface area contributed by atoms with Crippen molar-refractivity contribution in [3.63, 3.8) is 0 Å². The molecular weight excluding hydrogens is 286 g/mol. The Morgan fingerprint density at radius 1 is 1.25 bits per heavy atom. The lowest BCUT2D eigenvalue weighted by Gasteiger charge is -2.09. The van der Waals surface area contributed by atoms with Crippen LogP contribution in [0.3, 0.4) is 0 Å². The van der Waals surface area contributed by atoms with E-state index >= 15 is 0 Å². The van der Waals surface area contributed by atoms with Crippen LogP contribution in [0.4, 0.5) is 5.69 Å². The van der Waals surface area contributed by atoms with Crippen LogP contribution in [-0.2, 0) is 19.0 Å². The minimum absolute atomic E-state index is 0.123. The van der Waals surface area contributed by atoms with Gasteiger partial charge in [-0.1, -0.05) is 11.6 Å². The molecule has 0 fully saturated rings. The van der Waals surface area contributed by atoms with Gasteiger partial charge in [-0.3, -0.25) is 4.79 Å². The number of nitrogens with one attached hydrogen (secondary N) is 1. The molecule has 1 rings (SSSR count). The monoisotopic (exact) mass is 301 g/mol. The molecule has 1 N–H and O–H groups in total.